The zero-order chi connectivity index (χ0) is 23.7. The van der Waals surface area contributed by atoms with Crippen LogP contribution in [0.3, 0.4) is 0 Å². The van der Waals surface area contributed by atoms with Crippen LogP contribution in [-0.2, 0) is 5.75 Å². The number of likely N-dealkylation sites (tertiary alicyclic amines) is 1. The Bertz CT molecular complexity index is 1340. The van der Waals surface area contributed by atoms with E-state index in [-0.39, 0.29) is 11.6 Å². The van der Waals surface area contributed by atoms with E-state index in [0.717, 1.165) is 51.9 Å². The zero-order valence-electron chi connectivity index (χ0n) is 19.6. The number of methoxy groups -OCH3 is 1. The molecule has 1 unspecified atom stereocenters. The van der Waals surface area contributed by atoms with Crippen molar-refractivity contribution in [1.29, 1.82) is 0 Å². The summed E-state index contributed by atoms with van der Waals surface area (Å²) in [6.07, 6.45) is 3.72. The first-order valence-corrected chi connectivity index (χ1v) is 13.3. The van der Waals surface area contributed by atoms with Gasteiger partial charge in [-0.15, -0.1) is 21.5 Å². The van der Waals surface area contributed by atoms with E-state index in [4.69, 9.17) is 9.72 Å². The Labute approximate surface area is 206 Å². The second kappa shape index (κ2) is 9.89. The van der Waals surface area contributed by atoms with Crippen LogP contribution in [-0.4, -0.2) is 49.2 Å². The van der Waals surface area contributed by atoms with Gasteiger partial charge in [-0.1, -0.05) is 18.2 Å². The molecule has 1 aliphatic heterocycles. The van der Waals surface area contributed by atoms with Crippen molar-refractivity contribution in [2.75, 3.05) is 20.2 Å². The number of thioether (sulfide) groups is 1. The summed E-state index contributed by atoms with van der Waals surface area (Å²) in [6, 6.07) is 9.74. The number of hydrogen-bond acceptors (Lipinski definition) is 8. The predicted octanol–water partition coefficient (Wildman–Crippen LogP) is 4.49. The van der Waals surface area contributed by atoms with Crippen molar-refractivity contribution in [3.63, 3.8) is 0 Å². The highest BCUT2D eigenvalue weighted by atomic mass is 32.2. The summed E-state index contributed by atoms with van der Waals surface area (Å²) in [5, 5.41) is 11.9. The van der Waals surface area contributed by atoms with Gasteiger partial charge in [-0.3, -0.25) is 18.7 Å². The lowest BCUT2D eigenvalue weighted by Crippen LogP contribution is -2.33. The highest BCUT2D eigenvalue weighted by molar-refractivity contribution is 7.98. The average Bonchev–Trinajstić information content (AvgIpc) is 3.46. The fourth-order valence-electron chi connectivity index (χ4n) is 4.40. The maximum Gasteiger partial charge on any atom is 0.258 e. The second-order valence-corrected chi connectivity index (χ2v) is 10.3. The molecular formula is C24H28N6O2S2. The molecule has 3 aromatic heterocycles. The molecular weight excluding hydrogens is 468 g/mol. The first-order valence-electron chi connectivity index (χ1n) is 11.5. The second-order valence-electron chi connectivity index (χ2n) is 8.52. The van der Waals surface area contributed by atoms with Gasteiger partial charge in [0.25, 0.3) is 5.56 Å². The maximum atomic E-state index is 12.6. The summed E-state index contributed by atoms with van der Waals surface area (Å²) >= 11 is 3.03. The number of fused-ring (bicyclic) bond motifs is 1. The molecule has 4 heterocycles. The minimum Gasteiger partial charge on any atom is -0.497 e. The summed E-state index contributed by atoms with van der Waals surface area (Å²) in [4.78, 5) is 20.5. The lowest BCUT2D eigenvalue weighted by molar-refractivity contribution is 0.167. The predicted molar refractivity (Wildman–Crippen MR) is 135 cm³/mol. The van der Waals surface area contributed by atoms with Crippen LogP contribution < -0.4 is 10.3 Å². The van der Waals surface area contributed by atoms with Crippen LogP contribution in [0, 0.1) is 6.92 Å². The van der Waals surface area contributed by atoms with Crippen molar-refractivity contribution >= 4 is 28.1 Å². The zero-order valence-corrected chi connectivity index (χ0v) is 21.2. The van der Waals surface area contributed by atoms with Crippen LogP contribution in [0.2, 0.25) is 0 Å². The van der Waals surface area contributed by atoms with E-state index in [2.05, 4.69) is 26.6 Å². The van der Waals surface area contributed by atoms with Crippen molar-refractivity contribution in [1.82, 2.24) is 29.0 Å². The first-order chi connectivity index (χ1) is 16.5. The molecule has 1 fully saturated rings. The summed E-state index contributed by atoms with van der Waals surface area (Å²) in [5.41, 5.74) is 2.60. The lowest BCUT2D eigenvalue weighted by atomic mass is 10.1. The van der Waals surface area contributed by atoms with Gasteiger partial charge in [-0.2, -0.15) is 0 Å². The van der Waals surface area contributed by atoms with Gasteiger partial charge in [0.15, 0.2) is 15.9 Å². The number of thiazole rings is 1. The van der Waals surface area contributed by atoms with Crippen LogP contribution in [0.4, 0.5) is 0 Å². The van der Waals surface area contributed by atoms with Crippen LogP contribution in [0.15, 0.2) is 45.7 Å². The number of ether oxygens (including phenoxy) is 1. The molecule has 0 bridgehead atoms. The summed E-state index contributed by atoms with van der Waals surface area (Å²) < 4.78 is 9.13. The van der Waals surface area contributed by atoms with Crippen LogP contribution in [0.1, 0.15) is 49.4 Å². The summed E-state index contributed by atoms with van der Waals surface area (Å²) in [6.45, 7) is 6.28. The fraction of sp³-hybridized carbons (Fsp3) is 0.417. The number of aryl methyl sites for hydroxylation is 1. The Kier molecular flexibility index (Phi) is 6.71. The monoisotopic (exact) mass is 496 g/mol. The quantitative estimate of drug-likeness (QED) is 0.349. The molecule has 0 radical (unpaired) electrons. The van der Waals surface area contributed by atoms with Gasteiger partial charge in [-0.05, 0) is 64.0 Å². The van der Waals surface area contributed by atoms with Crippen LogP contribution in [0.5, 0.6) is 5.75 Å². The Hall–Kier alpha value is -2.69. The third-order valence-corrected chi connectivity index (χ3v) is 8.18. The number of piperidine rings is 1. The first kappa shape index (κ1) is 23.1. The van der Waals surface area contributed by atoms with E-state index in [1.165, 1.54) is 30.6 Å². The lowest BCUT2D eigenvalue weighted by Gasteiger charge is -2.31. The van der Waals surface area contributed by atoms with Crippen molar-refractivity contribution in [3.8, 4) is 11.4 Å². The van der Waals surface area contributed by atoms with Crippen molar-refractivity contribution < 1.29 is 4.74 Å². The number of nitrogens with zero attached hydrogens (tertiary/aromatic N) is 6. The molecule has 1 aliphatic rings. The Morgan fingerprint density at radius 3 is 2.65 bits per heavy atom. The Morgan fingerprint density at radius 2 is 1.91 bits per heavy atom. The van der Waals surface area contributed by atoms with E-state index < -0.39 is 0 Å². The third kappa shape index (κ3) is 4.49. The maximum absolute atomic E-state index is 12.6. The molecule has 8 nitrogen and oxygen atoms in total. The Morgan fingerprint density at radius 1 is 1.15 bits per heavy atom. The molecule has 4 aromatic rings. The molecule has 0 aliphatic carbocycles. The molecule has 0 amide bonds. The van der Waals surface area contributed by atoms with Gasteiger partial charge < -0.3 is 4.74 Å². The molecule has 178 valence electrons. The van der Waals surface area contributed by atoms with Gasteiger partial charge >= 0.3 is 0 Å². The number of rotatable bonds is 7. The smallest absolute Gasteiger partial charge is 0.258 e. The molecule has 1 aromatic carbocycles. The third-order valence-electron chi connectivity index (χ3n) is 6.28. The summed E-state index contributed by atoms with van der Waals surface area (Å²) in [7, 11) is 1.67. The molecule has 5 rings (SSSR count). The van der Waals surface area contributed by atoms with Gasteiger partial charge in [0.1, 0.15) is 5.75 Å². The van der Waals surface area contributed by atoms with E-state index in [1.807, 2.05) is 36.6 Å². The SMILES string of the molecule is COc1ccc(-n2c(SCc3cc(=O)n4c(C)csc4n3)nnc2C(C)N2CCCCC2)cc1. The van der Waals surface area contributed by atoms with Crippen molar-refractivity contribution in [2.45, 2.75) is 50.1 Å². The molecule has 0 spiro atoms. The Balaban J connectivity index is 1.47. The largest absolute Gasteiger partial charge is 0.497 e. The van der Waals surface area contributed by atoms with Crippen LogP contribution >= 0.6 is 23.1 Å². The van der Waals surface area contributed by atoms with Gasteiger partial charge in [-0.25, -0.2) is 4.98 Å². The molecule has 0 saturated carbocycles. The van der Waals surface area contributed by atoms with E-state index in [9.17, 15) is 4.79 Å². The number of hydrogen-bond donors (Lipinski definition) is 0. The van der Waals surface area contributed by atoms with Gasteiger partial charge in [0.05, 0.1) is 18.8 Å². The standard InChI is InChI=1S/C24H28N6O2S2/c1-16-14-33-23-25-18(13-21(31)29(16)23)15-34-24-27-26-22(17(2)28-11-5-4-6-12-28)30(24)19-7-9-20(32-3)10-8-19/h7-10,13-14,17H,4-6,11-12,15H2,1-3H3. The van der Waals surface area contributed by atoms with Gasteiger partial charge in [0, 0.05) is 28.6 Å². The van der Waals surface area contributed by atoms with Crippen molar-refractivity contribution in [2.24, 2.45) is 0 Å². The normalized spacial score (nSPS) is 15.6. The molecule has 34 heavy (non-hydrogen) atoms. The van der Waals surface area contributed by atoms with Crippen molar-refractivity contribution in [3.05, 3.63) is 63.3 Å². The average molecular weight is 497 g/mol. The minimum atomic E-state index is -0.0459. The minimum absolute atomic E-state index is 0.0459. The molecule has 10 heteroatoms. The van der Waals surface area contributed by atoms with E-state index in [1.54, 1.807) is 29.3 Å². The van der Waals surface area contributed by atoms with E-state index >= 15 is 0 Å². The molecule has 1 atom stereocenters. The van der Waals surface area contributed by atoms with Gasteiger partial charge in [0.2, 0.25) is 0 Å². The molecule has 0 N–H and O–H groups in total. The highest BCUT2D eigenvalue weighted by Gasteiger charge is 2.25. The number of benzene rings is 1. The van der Waals surface area contributed by atoms with E-state index in [0.29, 0.717) is 5.75 Å². The number of aromatic nitrogens is 5. The highest BCUT2D eigenvalue weighted by Crippen LogP contribution is 2.31. The topological polar surface area (TPSA) is 77.5 Å². The molecule has 1 saturated heterocycles. The van der Waals surface area contributed by atoms with Crippen LogP contribution in [0.25, 0.3) is 10.6 Å². The fourth-order valence-corrected chi connectivity index (χ4v) is 6.14. The summed E-state index contributed by atoms with van der Waals surface area (Å²) in [5.74, 6) is 2.27.